The number of piperidine rings is 1. The lowest BCUT2D eigenvalue weighted by Crippen LogP contribution is -2.47. The summed E-state index contributed by atoms with van der Waals surface area (Å²) in [5, 5.41) is 2.84. The Hall–Kier alpha value is -1.30. The summed E-state index contributed by atoms with van der Waals surface area (Å²) >= 11 is 0. The van der Waals surface area contributed by atoms with Crippen molar-refractivity contribution in [2.24, 2.45) is 10.8 Å². The Morgan fingerprint density at radius 1 is 1.40 bits per heavy atom. The summed E-state index contributed by atoms with van der Waals surface area (Å²) in [4.78, 5) is 17.4. The van der Waals surface area contributed by atoms with Gasteiger partial charge >= 0.3 is 0 Å². The number of rotatable bonds is 2. The van der Waals surface area contributed by atoms with Gasteiger partial charge in [0.2, 0.25) is 11.9 Å². The van der Waals surface area contributed by atoms with Crippen LogP contribution in [0.2, 0.25) is 0 Å². The number of carbonyl (C=O) groups is 1. The van der Waals surface area contributed by atoms with Crippen molar-refractivity contribution in [1.82, 2.24) is 15.6 Å². The van der Waals surface area contributed by atoms with Gasteiger partial charge in [0.1, 0.15) is 0 Å². The molecule has 0 radical (unpaired) electrons. The number of guanidine groups is 1. The summed E-state index contributed by atoms with van der Waals surface area (Å²) < 4.78 is 0. The van der Waals surface area contributed by atoms with E-state index in [1.54, 1.807) is 7.05 Å². The lowest BCUT2D eigenvalue weighted by Gasteiger charge is -2.26. The van der Waals surface area contributed by atoms with Gasteiger partial charge in [-0.1, -0.05) is 0 Å². The summed E-state index contributed by atoms with van der Waals surface area (Å²) in [5.41, 5.74) is 2.38. The van der Waals surface area contributed by atoms with E-state index in [2.05, 4.69) is 15.7 Å². The number of hydrogen-bond donors (Lipinski definition) is 3. The van der Waals surface area contributed by atoms with Crippen LogP contribution in [0.25, 0.3) is 0 Å². The van der Waals surface area contributed by atoms with Crippen LogP contribution in [0.3, 0.4) is 0 Å². The predicted molar refractivity (Wildman–Crippen MR) is 59.1 cm³/mol. The quantitative estimate of drug-likeness (QED) is 0.239. The fraction of sp³-hybridized carbons (Fsp3) is 0.778. The molecular weight excluding hydrogens is 194 g/mol. The molecule has 0 spiro atoms. The van der Waals surface area contributed by atoms with Gasteiger partial charge in [-0.3, -0.25) is 15.2 Å². The highest BCUT2D eigenvalue weighted by molar-refractivity contribution is 5.86. The Labute approximate surface area is 89.9 Å². The first-order valence-electron chi connectivity index (χ1n) is 5.23. The normalized spacial score (nSPS) is 17.5. The fourth-order valence-corrected chi connectivity index (χ4v) is 1.61. The molecule has 0 bridgehead atoms. The molecule has 1 saturated heterocycles. The van der Waals surface area contributed by atoms with E-state index in [1.165, 1.54) is 6.42 Å². The second kappa shape index (κ2) is 6.23. The zero-order valence-electron chi connectivity index (χ0n) is 9.12. The molecule has 4 N–H and O–H groups in total. The molecule has 1 fully saturated rings. The monoisotopic (exact) mass is 213 g/mol. The first-order chi connectivity index (χ1) is 7.27. The van der Waals surface area contributed by atoms with Crippen LogP contribution >= 0.6 is 0 Å². The first kappa shape index (κ1) is 11.8. The Balaban J connectivity index is 2.28. The van der Waals surface area contributed by atoms with Crippen molar-refractivity contribution >= 4 is 11.9 Å². The molecule has 0 aromatic carbocycles. The molecule has 6 heteroatoms. The Morgan fingerprint density at radius 3 is 2.60 bits per heavy atom. The molecule has 0 saturated carbocycles. The molecule has 0 atom stereocenters. The lowest BCUT2D eigenvalue weighted by atomic mass is 10.1. The number of aliphatic imine (C=N–C) groups is 1. The van der Waals surface area contributed by atoms with E-state index in [-0.39, 0.29) is 12.5 Å². The van der Waals surface area contributed by atoms with E-state index < -0.39 is 0 Å². The van der Waals surface area contributed by atoms with Crippen molar-refractivity contribution in [3.63, 3.8) is 0 Å². The SMILES string of the molecule is CN=C(NN)NCC(=O)N1CCCCC1. The maximum absolute atomic E-state index is 11.7. The van der Waals surface area contributed by atoms with E-state index in [0.717, 1.165) is 25.9 Å². The van der Waals surface area contributed by atoms with Crippen molar-refractivity contribution in [3.05, 3.63) is 0 Å². The largest absolute Gasteiger partial charge is 0.346 e. The summed E-state index contributed by atoms with van der Waals surface area (Å²) in [6.07, 6.45) is 3.44. The molecule has 1 amide bonds. The summed E-state index contributed by atoms with van der Waals surface area (Å²) in [6, 6.07) is 0. The second-order valence-electron chi connectivity index (χ2n) is 3.51. The third-order valence-corrected chi connectivity index (χ3v) is 2.48. The molecular formula is C9H19N5O. The highest BCUT2D eigenvalue weighted by Crippen LogP contribution is 2.07. The Morgan fingerprint density at radius 2 is 2.07 bits per heavy atom. The maximum Gasteiger partial charge on any atom is 0.241 e. The van der Waals surface area contributed by atoms with Gasteiger partial charge in [-0.25, -0.2) is 5.84 Å². The number of nitrogens with two attached hydrogens (primary N) is 1. The van der Waals surface area contributed by atoms with Crippen molar-refractivity contribution in [3.8, 4) is 0 Å². The minimum atomic E-state index is 0.103. The molecule has 0 aromatic rings. The van der Waals surface area contributed by atoms with E-state index in [0.29, 0.717) is 5.96 Å². The van der Waals surface area contributed by atoms with Crippen LogP contribution in [-0.4, -0.2) is 43.4 Å². The van der Waals surface area contributed by atoms with Gasteiger partial charge in [-0.2, -0.15) is 0 Å². The highest BCUT2D eigenvalue weighted by atomic mass is 16.2. The molecule has 86 valence electrons. The first-order valence-corrected chi connectivity index (χ1v) is 5.23. The molecule has 6 nitrogen and oxygen atoms in total. The number of hydrogen-bond acceptors (Lipinski definition) is 3. The topological polar surface area (TPSA) is 82.7 Å². The molecule has 15 heavy (non-hydrogen) atoms. The Kier molecular flexibility index (Phi) is 4.89. The third kappa shape index (κ3) is 3.75. The predicted octanol–water partition coefficient (Wildman–Crippen LogP) is -0.962. The molecule has 0 unspecified atom stereocenters. The minimum absolute atomic E-state index is 0.103. The van der Waals surface area contributed by atoms with Crippen molar-refractivity contribution in [1.29, 1.82) is 0 Å². The van der Waals surface area contributed by atoms with Gasteiger partial charge in [0.25, 0.3) is 0 Å². The average molecular weight is 213 g/mol. The lowest BCUT2D eigenvalue weighted by molar-refractivity contribution is -0.130. The van der Waals surface area contributed by atoms with Crippen LogP contribution in [0, 0.1) is 0 Å². The fourth-order valence-electron chi connectivity index (χ4n) is 1.61. The molecule has 0 aliphatic carbocycles. The summed E-state index contributed by atoms with van der Waals surface area (Å²) in [7, 11) is 1.60. The van der Waals surface area contributed by atoms with Crippen LogP contribution in [-0.2, 0) is 4.79 Å². The number of carbonyl (C=O) groups excluding carboxylic acids is 1. The third-order valence-electron chi connectivity index (χ3n) is 2.48. The van der Waals surface area contributed by atoms with E-state index >= 15 is 0 Å². The standard InChI is InChI=1S/C9H19N5O/c1-11-9(13-10)12-7-8(15)14-5-3-2-4-6-14/h2-7,10H2,1H3,(H2,11,12,13). The van der Waals surface area contributed by atoms with Crippen LogP contribution in [0.15, 0.2) is 4.99 Å². The summed E-state index contributed by atoms with van der Waals surface area (Å²) in [6.45, 7) is 1.99. The zero-order chi connectivity index (χ0) is 11.1. The van der Waals surface area contributed by atoms with Crippen molar-refractivity contribution < 1.29 is 4.79 Å². The van der Waals surface area contributed by atoms with E-state index in [4.69, 9.17) is 5.84 Å². The molecule has 0 aromatic heterocycles. The average Bonchev–Trinajstić information content (AvgIpc) is 2.31. The second-order valence-corrected chi connectivity index (χ2v) is 3.51. The van der Waals surface area contributed by atoms with Crippen molar-refractivity contribution in [2.75, 3.05) is 26.7 Å². The van der Waals surface area contributed by atoms with E-state index in [9.17, 15) is 4.79 Å². The smallest absolute Gasteiger partial charge is 0.241 e. The number of nitrogens with zero attached hydrogens (tertiary/aromatic N) is 2. The van der Waals surface area contributed by atoms with Crippen LogP contribution in [0.1, 0.15) is 19.3 Å². The zero-order valence-corrected chi connectivity index (χ0v) is 9.12. The number of likely N-dealkylation sites (tertiary alicyclic amines) is 1. The molecule has 1 heterocycles. The number of nitrogens with one attached hydrogen (secondary N) is 2. The summed E-state index contributed by atoms with van der Waals surface area (Å²) in [5.74, 6) is 5.71. The van der Waals surface area contributed by atoms with Gasteiger partial charge in [0.15, 0.2) is 0 Å². The highest BCUT2D eigenvalue weighted by Gasteiger charge is 2.15. The number of hydrazine groups is 1. The van der Waals surface area contributed by atoms with Gasteiger partial charge in [-0.15, -0.1) is 0 Å². The number of amides is 1. The van der Waals surface area contributed by atoms with Gasteiger partial charge in [0, 0.05) is 20.1 Å². The van der Waals surface area contributed by atoms with Crippen LogP contribution in [0.4, 0.5) is 0 Å². The van der Waals surface area contributed by atoms with E-state index in [1.807, 2.05) is 4.90 Å². The van der Waals surface area contributed by atoms with Gasteiger partial charge < -0.3 is 10.2 Å². The minimum Gasteiger partial charge on any atom is -0.346 e. The maximum atomic E-state index is 11.7. The van der Waals surface area contributed by atoms with Gasteiger partial charge in [-0.05, 0) is 19.3 Å². The molecule has 1 rings (SSSR count). The van der Waals surface area contributed by atoms with Crippen LogP contribution in [0.5, 0.6) is 0 Å². The molecule has 1 aliphatic rings. The van der Waals surface area contributed by atoms with Gasteiger partial charge in [0.05, 0.1) is 6.54 Å². The van der Waals surface area contributed by atoms with Crippen molar-refractivity contribution in [2.45, 2.75) is 19.3 Å². The Bertz CT molecular complexity index is 235. The molecule has 1 aliphatic heterocycles. The van der Waals surface area contributed by atoms with Crippen LogP contribution < -0.4 is 16.6 Å².